The summed E-state index contributed by atoms with van der Waals surface area (Å²) in [4.78, 5) is 0. The lowest BCUT2D eigenvalue weighted by molar-refractivity contribution is 0.610. The van der Waals surface area contributed by atoms with Crippen molar-refractivity contribution in [2.75, 3.05) is 16.8 Å². The largest absolute Gasteiger partial charge is 0.382 e. The third-order valence-corrected chi connectivity index (χ3v) is 4.60. The van der Waals surface area contributed by atoms with Gasteiger partial charge in [-0.1, -0.05) is 0 Å². The van der Waals surface area contributed by atoms with Crippen molar-refractivity contribution >= 4 is 16.5 Å². The lowest BCUT2D eigenvalue weighted by Gasteiger charge is -2.24. The third-order valence-electron chi connectivity index (χ3n) is 3.22. The van der Waals surface area contributed by atoms with Crippen LogP contribution in [-0.4, -0.2) is 21.8 Å². The monoisotopic (exact) mass is 266 g/mol. The van der Waals surface area contributed by atoms with E-state index >= 15 is 0 Å². The Morgan fingerprint density at radius 3 is 2.72 bits per heavy atom. The van der Waals surface area contributed by atoms with Crippen molar-refractivity contribution in [1.82, 2.24) is 0 Å². The van der Waals surface area contributed by atoms with Crippen molar-refractivity contribution in [3.8, 4) is 6.07 Å². The van der Waals surface area contributed by atoms with Crippen LogP contribution in [0.4, 0.5) is 10.1 Å². The number of rotatable bonds is 2. The molecular formula is C13H15FN2OS. The van der Waals surface area contributed by atoms with Crippen LogP contribution in [0.1, 0.15) is 24.0 Å². The summed E-state index contributed by atoms with van der Waals surface area (Å²) >= 11 is 0. The van der Waals surface area contributed by atoms with E-state index in [1.54, 1.807) is 13.0 Å². The minimum atomic E-state index is -0.701. The summed E-state index contributed by atoms with van der Waals surface area (Å²) in [6.45, 7) is 1.69. The van der Waals surface area contributed by atoms with Crippen molar-refractivity contribution < 1.29 is 8.60 Å². The van der Waals surface area contributed by atoms with Crippen LogP contribution in [0.5, 0.6) is 0 Å². The summed E-state index contributed by atoms with van der Waals surface area (Å²) in [5, 5.41) is 12.1. The number of benzene rings is 1. The Kier molecular flexibility index (Phi) is 3.97. The normalized spacial score (nSPS) is 23.4. The second kappa shape index (κ2) is 5.49. The van der Waals surface area contributed by atoms with Gasteiger partial charge < -0.3 is 5.32 Å². The van der Waals surface area contributed by atoms with E-state index in [2.05, 4.69) is 5.32 Å². The third kappa shape index (κ3) is 2.88. The first-order valence-corrected chi connectivity index (χ1v) is 7.40. The highest BCUT2D eigenvalue weighted by Crippen LogP contribution is 2.23. The molecule has 5 heteroatoms. The van der Waals surface area contributed by atoms with Gasteiger partial charge in [0, 0.05) is 39.6 Å². The molecule has 96 valence electrons. The molecule has 1 fully saturated rings. The van der Waals surface area contributed by atoms with Gasteiger partial charge in [-0.15, -0.1) is 0 Å². The number of nitriles is 1. The van der Waals surface area contributed by atoms with Gasteiger partial charge in [0.15, 0.2) is 0 Å². The van der Waals surface area contributed by atoms with Gasteiger partial charge in [0.2, 0.25) is 0 Å². The van der Waals surface area contributed by atoms with Gasteiger partial charge in [0.05, 0.1) is 11.6 Å². The Hall–Kier alpha value is -1.41. The van der Waals surface area contributed by atoms with Crippen LogP contribution < -0.4 is 5.32 Å². The Labute approximate surface area is 108 Å². The zero-order valence-electron chi connectivity index (χ0n) is 10.2. The van der Waals surface area contributed by atoms with Gasteiger partial charge >= 0.3 is 0 Å². The van der Waals surface area contributed by atoms with E-state index in [0.29, 0.717) is 28.3 Å². The molecule has 0 saturated carbocycles. The molecule has 0 amide bonds. The number of hydrogen-bond donors (Lipinski definition) is 1. The lowest BCUT2D eigenvalue weighted by Crippen LogP contribution is -2.29. The molecule has 0 bridgehead atoms. The fourth-order valence-corrected chi connectivity index (χ4v) is 3.35. The van der Waals surface area contributed by atoms with Crippen molar-refractivity contribution in [2.24, 2.45) is 0 Å². The maximum absolute atomic E-state index is 13.6. The van der Waals surface area contributed by atoms with Crippen molar-refractivity contribution in [2.45, 2.75) is 25.8 Å². The fraction of sp³-hybridized carbons (Fsp3) is 0.462. The molecule has 0 unspecified atom stereocenters. The molecule has 18 heavy (non-hydrogen) atoms. The summed E-state index contributed by atoms with van der Waals surface area (Å²) in [6, 6.07) is 5.09. The van der Waals surface area contributed by atoms with Crippen LogP contribution in [0, 0.1) is 24.1 Å². The smallest absolute Gasteiger partial charge is 0.129 e. The van der Waals surface area contributed by atoms with Crippen molar-refractivity contribution in [1.29, 1.82) is 5.26 Å². The standard InChI is InChI=1S/C13H15FN2OS/c1-9-12(14)6-10(8-15)7-13(9)16-11-2-4-18(17)5-3-11/h6-7,11,16H,2-5H2,1H3. The number of nitrogens with zero attached hydrogens (tertiary/aromatic N) is 1. The number of nitrogens with one attached hydrogen (secondary N) is 1. The Morgan fingerprint density at radius 2 is 2.11 bits per heavy atom. The summed E-state index contributed by atoms with van der Waals surface area (Å²) in [6.07, 6.45) is 1.65. The van der Waals surface area contributed by atoms with Gasteiger partial charge in [-0.05, 0) is 31.9 Å². The minimum Gasteiger partial charge on any atom is -0.382 e. The number of halogens is 1. The molecule has 0 radical (unpaired) electrons. The van der Waals surface area contributed by atoms with Crippen LogP contribution in [0.15, 0.2) is 12.1 Å². The van der Waals surface area contributed by atoms with E-state index in [1.165, 1.54) is 6.07 Å². The summed E-state index contributed by atoms with van der Waals surface area (Å²) in [5.74, 6) is 1.02. The van der Waals surface area contributed by atoms with Crippen LogP contribution in [0.25, 0.3) is 0 Å². The van der Waals surface area contributed by atoms with E-state index in [9.17, 15) is 8.60 Å². The molecule has 1 aliphatic heterocycles. The molecule has 3 nitrogen and oxygen atoms in total. The van der Waals surface area contributed by atoms with E-state index in [0.717, 1.165) is 12.8 Å². The molecule has 0 aliphatic carbocycles. The van der Waals surface area contributed by atoms with Gasteiger partial charge in [-0.25, -0.2) is 4.39 Å². The second-order valence-electron chi connectivity index (χ2n) is 4.51. The van der Waals surface area contributed by atoms with Crippen molar-refractivity contribution in [3.05, 3.63) is 29.1 Å². The Balaban J connectivity index is 2.16. The zero-order chi connectivity index (χ0) is 13.1. The number of anilines is 1. The molecule has 1 saturated heterocycles. The molecular weight excluding hydrogens is 251 g/mol. The predicted molar refractivity (Wildman–Crippen MR) is 70.4 cm³/mol. The van der Waals surface area contributed by atoms with Gasteiger partial charge in [0.1, 0.15) is 5.82 Å². The zero-order valence-corrected chi connectivity index (χ0v) is 11.0. The quantitative estimate of drug-likeness (QED) is 0.893. The predicted octanol–water partition coefficient (Wildman–Crippen LogP) is 2.33. The summed E-state index contributed by atoms with van der Waals surface area (Å²) in [5.41, 5.74) is 1.52. The van der Waals surface area contributed by atoms with Gasteiger partial charge in [0.25, 0.3) is 0 Å². The van der Waals surface area contributed by atoms with Crippen LogP contribution in [-0.2, 0) is 10.8 Å². The van der Waals surface area contributed by atoms with E-state index in [4.69, 9.17) is 5.26 Å². The fourth-order valence-electron chi connectivity index (χ4n) is 2.05. The average molecular weight is 266 g/mol. The molecule has 0 spiro atoms. The van der Waals surface area contributed by atoms with Gasteiger partial charge in [-0.2, -0.15) is 5.26 Å². The molecule has 1 heterocycles. The van der Waals surface area contributed by atoms with Crippen molar-refractivity contribution in [3.63, 3.8) is 0 Å². The van der Waals surface area contributed by atoms with Crippen LogP contribution >= 0.6 is 0 Å². The topological polar surface area (TPSA) is 52.9 Å². The first-order chi connectivity index (χ1) is 8.60. The first kappa shape index (κ1) is 13.0. The Bertz CT molecular complexity index is 514. The van der Waals surface area contributed by atoms with E-state index in [-0.39, 0.29) is 11.9 Å². The van der Waals surface area contributed by atoms with E-state index < -0.39 is 10.8 Å². The molecule has 0 atom stereocenters. The SMILES string of the molecule is Cc1c(F)cc(C#N)cc1NC1CCS(=O)CC1. The highest BCUT2D eigenvalue weighted by molar-refractivity contribution is 7.85. The van der Waals surface area contributed by atoms with Gasteiger partial charge in [-0.3, -0.25) is 4.21 Å². The lowest BCUT2D eigenvalue weighted by atomic mass is 10.1. The molecule has 0 aromatic heterocycles. The summed E-state index contributed by atoms with van der Waals surface area (Å²) in [7, 11) is -0.701. The molecule has 1 N–H and O–H groups in total. The highest BCUT2D eigenvalue weighted by atomic mass is 32.2. The second-order valence-corrected chi connectivity index (χ2v) is 6.21. The molecule has 1 aromatic rings. The summed E-state index contributed by atoms with van der Waals surface area (Å²) < 4.78 is 24.9. The molecule has 2 rings (SSSR count). The highest BCUT2D eigenvalue weighted by Gasteiger charge is 2.19. The maximum atomic E-state index is 13.6. The maximum Gasteiger partial charge on any atom is 0.129 e. The average Bonchev–Trinajstić information content (AvgIpc) is 2.37. The molecule has 1 aromatic carbocycles. The molecule has 1 aliphatic rings. The van der Waals surface area contributed by atoms with E-state index in [1.807, 2.05) is 6.07 Å². The van der Waals surface area contributed by atoms with Crippen LogP contribution in [0.2, 0.25) is 0 Å². The number of hydrogen-bond acceptors (Lipinski definition) is 3. The Morgan fingerprint density at radius 1 is 1.44 bits per heavy atom. The van der Waals surface area contributed by atoms with Crippen LogP contribution in [0.3, 0.4) is 0 Å². The minimum absolute atomic E-state index is 0.217. The first-order valence-electron chi connectivity index (χ1n) is 5.92.